The Balaban J connectivity index is 1.72. The monoisotopic (exact) mass is 332 g/mol. The van der Waals surface area contributed by atoms with E-state index in [1.54, 1.807) is 23.5 Å². The molecule has 1 aliphatic rings. The van der Waals surface area contributed by atoms with E-state index in [0.717, 1.165) is 12.8 Å². The van der Waals surface area contributed by atoms with Gasteiger partial charge in [-0.2, -0.15) is 0 Å². The van der Waals surface area contributed by atoms with Crippen LogP contribution in [-0.4, -0.2) is 17.0 Å². The molecule has 3 rings (SSSR count). The minimum absolute atomic E-state index is 0.100. The Bertz CT molecular complexity index is 621. The van der Waals surface area contributed by atoms with Crippen LogP contribution in [0.4, 0.5) is 14.9 Å². The number of anilines is 1. The number of hydrogen-bond acceptors (Lipinski definition) is 2. The van der Waals surface area contributed by atoms with Crippen molar-refractivity contribution in [2.75, 3.05) is 5.32 Å². The van der Waals surface area contributed by atoms with Crippen molar-refractivity contribution in [3.63, 3.8) is 0 Å². The summed E-state index contributed by atoms with van der Waals surface area (Å²) in [5, 5.41) is 4.94. The molecular formula is C18H21FN2OS. The van der Waals surface area contributed by atoms with E-state index in [-0.39, 0.29) is 17.9 Å². The summed E-state index contributed by atoms with van der Waals surface area (Å²) in [4.78, 5) is 15.9. The number of thiophene rings is 1. The Morgan fingerprint density at radius 3 is 2.57 bits per heavy atom. The predicted molar refractivity (Wildman–Crippen MR) is 92.2 cm³/mol. The molecule has 1 aromatic heterocycles. The maximum atomic E-state index is 13.0. The van der Waals surface area contributed by atoms with Crippen LogP contribution in [0.5, 0.6) is 0 Å². The average molecular weight is 332 g/mol. The molecule has 3 nitrogen and oxygen atoms in total. The summed E-state index contributed by atoms with van der Waals surface area (Å²) in [6.45, 7) is 0.634. The van der Waals surface area contributed by atoms with Gasteiger partial charge in [-0.05, 0) is 48.6 Å². The van der Waals surface area contributed by atoms with Crippen molar-refractivity contribution in [3.8, 4) is 0 Å². The molecule has 0 saturated heterocycles. The SMILES string of the molecule is O=C(Nc1ccc(F)cc1)N(Cc1cccs1)C1CCCCC1. The maximum absolute atomic E-state index is 13.0. The van der Waals surface area contributed by atoms with Crippen molar-refractivity contribution < 1.29 is 9.18 Å². The Labute approximate surface area is 140 Å². The van der Waals surface area contributed by atoms with Crippen LogP contribution < -0.4 is 5.32 Å². The number of halogens is 1. The molecule has 0 spiro atoms. The number of rotatable bonds is 4. The summed E-state index contributed by atoms with van der Waals surface area (Å²) in [6, 6.07) is 10.2. The number of carbonyl (C=O) groups is 1. The van der Waals surface area contributed by atoms with Crippen LogP contribution in [0.3, 0.4) is 0 Å². The molecular weight excluding hydrogens is 311 g/mol. The fourth-order valence-corrected chi connectivity index (χ4v) is 3.76. The van der Waals surface area contributed by atoms with Crippen molar-refractivity contribution in [2.24, 2.45) is 0 Å². The highest BCUT2D eigenvalue weighted by molar-refractivity contribution is 7.09. The van der Waals surface area contributed by atoms with Gasteiger partial charge in [0, 0.05) is 16.6 Å². The molecule has 2 aromatic rings. The molecule has 1 aliphatic carbocycles. The number of carbonyl (C=O) groups excluding carboxylic acids is 1. The summed E-state index contributed by atoms with van der Waals surface area (Å²) >= 11 is 1.67. The van der Waals surface area contributed by atoms with Crippen molar-refractivity contribution in [1.82, 2.24) is 4.90 Å². The lowest BCUT2D eigenvalue weighted by molar-refractivity contribution is 0.163. The second kappa shape index (κ2) is 7.59. The van der Waals surface area contributed by atoms with Crippen molar-refractivity contribution >= 4 is 23.1 Å². The van der Waals surface area contributed by atoms with E-state index in [0.29, 0.717) is 12.2 Å². The van der Waals surface area contributed by atoms with Crippen molar-refractivity contribution in [1.29, 1.82) is 0 Å². The lowest BCUT2D eigenvalue weighted by Gasteiger charge is -2.34. The number of nitrogens with one attached hydrogen (secondary N) is 1. The molecule has 0 radical (unpaired) electrons. The van der Waals surface area contributed by atoms with Gasteiger partial charge in [0.25, 0.3) is 0 Å². The molecule has 1 aromatic carbocycles. The molecule has 1 N–H and O–H groups in total. The largest absolute Gasteiger partial charge is 0.322 e. The molecule has 5 heteroatoms. The highest BCUT2D eigenvalue weighted by Crippen LogP contribution is 2.26. The van der Waals surface area contributed by atoms with E-state index in [4.69, 9.17) is 0 Å². The highest BCUT2D eigenvalue weighted by atomic mass is 32.1. The number of nitrogens with zero attached hydrogens (tertiary/aromatic N) is 1. The predicted octanol–water partition coefficient (Wildman–Crippen LogP) is 5.25. The molecule has 1 saturated carbocycles. The first-order valence-electron chi connectivity index (χ1n) is 8.08. The van der Waals surface area contributed by atoms with Crippen LogP contribution in [0.1, 0.15) is 37.0 Å². The second-order valence-electron chi connectivity index (χ2n) is 5.94. The lowest BCUT2D eigenvalue weighted by atomic mass is 9.94. The van der Waals surface area contributed by atoms with Crippen molar-refractivity contribution in [2.45, 2.75) is 44.7 Å². The third kappa shape index (κ3) is 4.32. The molecule has 0 unspecified atom stereocenters. The van der Waals surface area contributed by atoms with Gasteiger partial charge < -0.3 is 10.2 Å². The minimum atomic E-state index is -0.300. The molecule has 122 valence electrons. The lowest BCUT2D eigenvalue weighted by Crippen LogP contribution is -2.43. The van der Waals surface area contributed by atoms with Crippen LogP contribution in [-0.2, 0) is 6.54 Å². The molecule has 0 aliphatic heterocycles. The van der Waals surface area contributed by atoms with Gasteiger partial charge in [-0.15, -0.1) is 11.3 Å². The van der Waals surface area contributed by atoms with E-state index in [2.05, 4.69) is 11.4 Å². The van der Waals surface area contributed by atoms with Gasteiger partial charge in [-0.3, -0.25) is 0 Å². The van der Waals surface area contributed by atoms with E-state index >= 15 is 0 Å². The van der Waals surface area contributed by atoms with Crippen LogP contribution in [0.15, 0.2) is 41.8 Å². The van der Waals surface area contributed by atoms with Crippen LogP contribution >= 0.6 is 11.3 Å². The van der Waals surface area contributed by atoms with Crippen LogP contribution in [0.2, 0.25) is 0 Å². The van der Waals surface area contributed by atoms with Crippen molar-refractivity contribution in [3.05, 3.63) is 52.5 Å². The van der Waals surface area contributed by atoms with Gasteiger partial charge in [0.15, 0.2) is 0 Å². The van der Waals surface area contributed by atoms with Crippen LogP contribution in [0, 0.1) is 5.82 Å². The fourth-order valence-electron chi connectivity index (χ4n) is 3.06. The van der Waals surface area contributed by atoms with E-state index in [1.807, 2.05) is 16.3 Å². The maximum Gasteiger partial charge on any atom is 0.322 e. The number of benzene rings is 1. The average Bonchev–Trinajstić information content (AvgIpc) is 3.09. The first-order valence-corrected chi connectivity index (χ1v) is 8.96. The number of amides is 2. The topological polar surface area (TPSA) is 32.3 Å². The molecule has 1 heterocycles. The molecule has 23 heavy (non-hydrogen) atoms. The summed E-state index contributed by atoms with van der Waals surface area (Å²) in [5.74, 6) is -0.300. The Kier molecular flexibility index (Phi) is 5.28. The molecule has 2 amide bonds. The zero-order valence-corrected chi connectivity index (χ0v) is 13.8. The number of urea groups is 1. The van der Waals surface area contributed by atoms with Gasteiger partial charge in [-0.1, -0.05) is 25.3 Å². The smallest absolute Gasteiger partial charge is 0.316 e. The van der Waals surface area contributed by atoms with Gasteiger partial charge >= 0.3 is 6.03 Å². The summed E-state index contributed by atoms with van der Waals surface area (Å²) < 4.78 is 13.0. The first kappa shape index (κ1) is 16.0. The van der Waals surface area contributed by atoms with Gasteiger partial charge in [0.1, 0.15) is 5.82 Å². The normalized spacial score (nSPS) is 15.3. The zero-order chi connectivity index (χ0) is 16.1. The molecule has 0 atom stereocenters. The standard InChI is InChI=1S/C18H21FN2OS/c19-14-8-10-15(11-9-14)20-18(22)21(13-17-7-4-12-23-17)16-5-2-1-3-6-16/h4,7-12,16H,1-3,5-6,13H2,(H,20,22). The third-order valence-corrected chi connectivity index (χ3v) is 5.14. The summed E-state index contributed by atoms with van der Waals surface area (Å²) in [5.41, 5.74) is 0.628. The fraction of sp³-hybridized carbons (Fsp3) is 0.389. The third-order valence-electron chi connectivity index (χ3n) is 4.28. The van der Waals surface area contributed by atoms with Gasteiger partial charge in [0.05, 0.1) is 6.54 Å². The van der Waals surface area contributed by atoms with E-state index < -0.39 is 0 Å². The Hall–Kier alpha value is -1.88. The first-order chi connectivity index (χ1) is 11.2. The van der Waals surface area contributed by atoms with Crippen LogP contribution in [0.25, 0.3) is 0 Å². The van der Waals surface area contributed by atoms with E-state index in [1.165, 1.54) is 36.3 Å². The highest BCUT2D eigenvalue weighted by Gasteiger charge is 2.26. The molecule has 0 bridgehead atoms. The quantitative estimate of drug-likeness (QED) is 0.814. The molecule has 1 fully saturated rings. The summed E-state index contributed by atoms with van der Waals surface area (Å²) in [7, 11) is 0. The minimum Gasteiger partial charge on any atom is -0.316 e. The van der Waals surface area contributed by atoms with E-state index in [9.17, 15) is 9.18 Å². The Morgan fingerprint density at radius 1 is 1.17 bits per heavy atom. The number of hydrogen-bond donors (Lipinski definition) is 1. The second-order valence-corrected chi connectivity index (χ2v) is 6.97. The zero-order valence-electron chi connectivity index (χ0n) is 13.0. The van der Waals surface area contributed by atoms with Gasteiger partial charge in [0.2, 0.25) is 0 Å². The van der Waals surface area contributed by atoms with Gasteiger partial charge in [-0.25, -0.2) is 9.18 Å². The Morgan fingerprint density at radius 2 is 1.91 bits per heavy atom. The summed E-state index contributed by atoms with van der Waals surface area (Å²) in [6.07, 6.45) is 5.72.